The average molecular weight is 377 g/mol. The van der Waals surface area contributed by atoms with E-state index >= 15 is 0 Å². The number of nitrogens with one attached hydrogen (secondary N) is 2. The second kappa shape index (κ2) is 22.7. The molecule has 5 nitrogen and oxygen atoms in total. The summed E-state index contributed by atoms with van der Waals surface area (Å²) in [5.74, 6) is -1.40. The predicted molar refractivity (Wildman–Crippen MR) is 101 cm³/mol. The molecule has 26 heavy (non-hydrogen) atoms. The normalized spacial score (nSPS) is 10.7. The smallest absolute Gasteiger partial charge is 0.549 e. The van der Waals surface area contributed by atoms with Crippen molar-refractivity contribution < 1.29 is 44.3 Å². The Morgan fingerprint density at radius 3 is 1.85 bits per heavy atom. The first-order valence-corrected chi connectivity index (χ1v) is 10.0. The molecule has 0 spiro atoms. The van der Waals surface area contributed by atoms with E-state index in [1.165, 1.54) is 57.8 Å². The fraction of sp³-hybridized carbons (Fsp3) is 0.800. The van der Waals surface area contributed by atoms with Gasteiger partial charge in [-0.15, -0.1) is 0 Å². The van der Waals surface area contributed by atoms with Crippen molar-refractivity contribution >= 4 is 11.9 Å². The summed E-state index contributed by atoms with van der Waals surface area (Å²) in [5, 5.41) is 10.2. The van der Waals surface area contributed by atoms with Gasteiger partial charge < -0.3 is 9.90 Å². The first kappa shape index (κ1) is 27.9. The van der Waals surface area contributed by atoms with E-state index in [1.807, 2.05) is 0 Å². The van der Waals surface area contributed by atoms with Crippen LogP contribution in [0, 0.1) is 0 Å². The first-order valence-electron chi connectivity index (χ1n) is 10.0. The van der Waals surface area contributed by atoms with Gasteiger partial charge in [0.1, 0.15) is 0 Å². The van der Waals surface area contributed by atoms with Gasteiger partial charge >= 0.3 is 29.6 Å². The van der Waals surface area contributed by atoms with E-state index in [0.717, 1.165) is 25.7 Å². The average Bonchev–Trinajstić information content (AvgIpc) is 2.58. The van der Waals surface area contributed by atoms with Gasteiger partial charge in [-0.3, -0.25) is 10.2 Å². The molecule has 0 aliphatic carbocycles. The predicted octanol–water partition coefficient (Wildman–Crippen LogP) is 0.399. The molecule has 2 N–H and O–H groups in total. The molecule has 0 heterocycles. The second-order valence-electron chi connectivity index (χ2n) is 6.61. The van der Waals surface area contributed by atoms with Crippen molar-refractivity contribution in [1.82, 2.24) is 10.9 Å². The zero-order valence-electron chi connectivity index (χ0n) is 17.0. The number of amides is 1. The van der Waals surface area contributed by atoms with Gasteiger partial charge in [-0.1, -0.05) is 70.4 Å². The van der Waals surface area contributed by atoms with Gasteiger partial charge in [0.2, 0.25) is 5.91 Å². The molecule has 0 radical (unpaired) electrons. The van der Waals surface area contributed by atoms with Gasteiger partial charge in [0.25, 0.3) is 0 Å². The fourth-order valence-electron chi connectivity index (χ4n) is 2.63. The number of rotatable bonds is 18. The first-order chi connectivity index (χ1) is 12.2. The standard InChI is InChI=1S/C20H38N2O3.Na/c1-2-3-4-5-6-7-8-9-10-11-12-13-14-15-16-17-19(23)22-21-18-20(24)25;/h9-10,21H,2-8,11-18H2,1H3,(H,22,23)(H,24,25);/q;+1/p-1/b10-9-;. The minimum Gasteiger partial charge on any atom is -0.549 e. The molecule has 0 unspecified atom stereocenters. The molecule has 0 atom stereocenters. The van der Waals surface area contributed by atoms with Crippen LogP contribution in [-0.2, 0) is 9.59 Å². The van der Waals surface area contributed by atoms with Gasteiger partial charge in [-0.25, -0.2) is 5.43 Å². The summed E-state index contributed by atoms with van der Waals surface area (Å²) < 4.78 is 0. The van der Waals surface area contributed by atoms with Crippen molar-refractivity contribution in [3.63, 3.8) is 0 Å². The fourth-order valence-corrected chi connectivity index (χ4v) is 2.63. The van der Waals surface area contributed by atoms with Crippen LogP contribution in [0.5, 0.6) is 0 Å². The molecule has 0 saturated carbocycles. The molecule has 0 rings (SSSR count). The van der Waals surface area contributed by atoms with Crippen LogP contribution in [-0.4, -0.2) is 18.4 Å². The maximum Gasteiger partial charge on any atom is 1.00 e. The van der Waals surface area contributed by atoms with Gasteiger partial charge in [0.05, 0.1) is 12.5 Å². The molecule has 1 amide bonds. The van der Waals surface area contributed by atoms with Crippen molar-refractivity contribution in [3.05, 3.63) is 12.2 Å². The van der Waals surface area contributed by atoms with Crippen molar-refractivity contribution in [2.45, 2.75) is 96.8 Å². The number of carbonyl (C=O) groups is 2. The van der Waals surface area contributed by atoms with Crippen LogP contribution in [0.3, 0.4) is 0 Å². The number of allylic oxidation sites excluding steroid dienone is 2. The topological polar surface area (TPSA) is 81.3 Å². The van der Waals surface area contributed by atoms with Crippen molar-refractivity contribution in [2.24, 2.45) is 0 Å². The summed E-state index contributed by atoms with van der Waals surface area (Å²) in [6.07, 6.45) is 21.0. The molecule has 0 aromatic heterocycles. The van der Waals surface area contributed by atoms with Crippen LogP contribution in [0.15, 0.2) is 12.2 Å². The molecule has 6 heteroatoms. The molecule has 0 aliphatic rings. The van der Waals surface area contributed by atoms with Crippen LogP contribution < -0.4 is 45.5 Å². The minimum absolute atomic E-state index is 0. The Balaban J connectivity index is 0. The second-order valence-corrected chi connectivity index (χ2v) is 6.61. The van der Waals surface area contributed by atoms with E-state index in [9.17, 15) is 14.7 Å². The van der Waals surface area contributed by atoms with Gasteiger partial charge in [0.15, 0.2) is 0 Å². The molecule has 0 aromatic carbocycles. The summed E-state index contributed by atoms with van der Waals surface area (Å²) in [6, 6.07) is 0. The van der Waals surface area contributed by atoms with Gasteiger partial charge in [-0.05, 0) is 32.1 Å². The molecule has 146 valence electrons. The zero-order valence-corrected chi connectivity index (χ0v) is 19.0. The largest absolute Gasteiger partial charge is 1.00 e. The van der Waals surface area contributed by atoms with Gasteiger partial charge in [-0.2, -0.15) is 0 Å². The summed E-state index contributed by atoms with van der Waals surface area (Å²) >= 11 is 0. The number of carboxylic acids is 1. The number of carboxylic acid groups (broad SMARTS) is 1. The molecule has 0 aromatic rings. The Kier molecular flexibility index (Phi) is 24.3. The third-order valence-corrected chi connectivity index (χ3v) is 4.13. The number of aliphatic carboxylic acids is 1. The number of carbonyl (C=O) groups excluding carboxylic acids is 2. The van der Waals surface area contributed by atoms with Crippen molar-refractivity contribution in [2.75, 3.05) is 6.54 Å². The van der Waals surface area contributed by atoms with Crippen LogP contribution in [0.2, 0.25) is 0 Å². The Morgan fingerprint density at radius 1 is 0.808 bits per heavy atom. The Morgan fingerprint density at radius 2 is 1.31 bits per heavy atom. The Bertz CT molecular complexity index is 363. The van der Waals surface area contributed by atoms with E-state index in [2.05, 4.69) is 29.9 Å². The summed E-state index contributed by atoms with van der Waals surface area (Å²) in [6.45, 7) is 1.89. The maximum atomic E-state index is 11.4. The van der Waals surface area contributed by atoms with E-state index in [0.29, 0.717) is 6.42 Å². The molecule has 0 saturated heterocycles. The number of hydrogen-bond donors (Lipinski definition) is 2. The summed E-state index contributed by atoms with van der Waals surface area (Å²) in [7, 11) is 0. The quantitative estimate of drug-likeness (QED) is 0.157. The van der Waals surface area contributed by atoms with E-state index in [-0.39, 0.29) is 42.0 Å². The number of unbranched alkanes of at least 4 members (excludes halogenated alkanes) is 11. The van der Waals surface area contributed by atoms with Crippen LogP contribution in [0.4, 0.5) is 0 Å². The molecular formula is C20H37N2NaO3. The maximum absolute atomic E-state index is 11.4. The minimum atomic E-state index is -1.23. The Labute approximate surface area is 182 Å². The van der Waals surface area contributed by atoms with Crippen molar-refractivity contribution in [1.29, 1.82) is 0 Å². The van der Waals surface area contributed by atoms with Crippen LogP contribution >= 0.6 is 0 Å². The van der Waals surface area contributed by atoms with E-state index in [4.69, 9.17) is 0 Å². The summed E-state index contributed by atoms with van der Waals surface area (Å²) in [5.41, 5.74) is 4.66. The number of hydrazine groups is 1. The molecular weight excluding hydrogens is 339 g/mol. The molecule has 0 aliphatic heterocycles. The molecule has 0 bridgehead atoms. The Hall–Kier alpha value is -0.360. The zero-order chi connectivity index (χ0) is 18.6. The molecule has 0 fully saturated rings. The number of hydrogen-bond acceptors (Lipinski definition) is 4. The van der Waals surface area contributed by atoms with Gasteiger partial charge in [0, 0.05) is 6.42 Å². The van der Waals surface area contributed by atoms with Crippen LogP contribution in [0.1, 0.15) is 96.8 Å². The van der Waals surface area contributed by atoms with E-state index in [1.54, 1.807) is 0 Å². The SMILES string of the molecule is CCCCCCCC/C=C\CCCCCCCC(=O)NNCC(=O)[O-].[Na+]. The monoisotopic (exact) mass is 376 g/mol. The third kappa shape index (κ3) is 23.6. The third-order valence-electron chi connectivity index (χ3n) is 4.13. The van der Waals surface area contributed by atoms with E-state index < -0.39 is 5.97 Å². The van der Waals surface area contributed by atoms with Crippen LogP contribution in [0.25, 0.3) is 0 Å². The summed E-state index contributed by atoms with van der Waals surface area (Å²) in [4.78, 5) is 21.5. The van der Waals surface area contributed by atoms with Crippen molar-refractivity contribution in [3.8, 4) is 0 Å².